The summed E-state index contributed by atoms with van der Waals surface area (Å²) in [6, 6.07) is 0. The zero-order valence-corrected chi connectivity index (χ0v) is 5.40. The number of ether oxygens (including phenoxy) is 1. The molecule has 1 rings (SSSR count). The fraction of sp³-hybridized carbons (Fsp3) is 1.00. The van der Waals surface area contributed by atoms with E-state index in [4.69, 9.17) is 25.8 Å². The molecule has 1 aliphatic rings. The first kappa shape index (κ1) is 7.90. The van der Waals surface area contributed by atoms with Crippen molar-refractivity contribution in [1.29, 1.82) is 0 Å². The van der Waals surface area contributed by atoms with Gasteiger partial charge in [-0.05, 0) is 0 Å². The summed E-state index contributed by atoms with van der Waals surface area (Å²) in [5, 5.41) is 26.6. The molecule has 1 fully saturated rings. The molecular weight excluding hydrogens is 138 g/mol. The minimum Gasteiger partial charge on any atom is -0.394 e. The highest BCUT2D eigenvalue weighted by atomic mass is 16.5. The van der Waals surface area contributed by atoms with Crippen molar-refractivity contribution < 1.29 is 20.1 Å². The smallest absolute Gasteiger partial charge is 0.165 e. The molecule has 0 bridgehead atoms. The fourth-order valence-corrected chi connectivity index (χ4v) is 0.892. The molecule has 3 atom stereocenters. The van der Waals surface area contributed by atoms with Crippen LogP contribution in [0.15, 0.2) is 0 Å². The van der Waals surface area contributed by atoms with Gasteiger partial charge in [-0.25, -0.2) is 0 Å². The van der Waals surface area contributed by atoms with Crippen LogP contribution >= 0.6 is 0 Å². The third-order valence-corrected chi connectivity index (χ3v) is 1.57. The molecule has 1 aliphatic heterocycles. The van der Waals surface area contributed by atoms with E-state index >= 15 is 0 Å². The Hall–Kier alpha value is -0.200. The second kappa shape index (κ2) is 2.44. The lowest BCUT2D eigenvalue weighted by atomic mass is 10.1. The van der Waals surface area contributed by atoms with Crippen LogP contribution in [0.2, 0.25) is 0 Å². The van der Waals surface area contributed by atoms with Gasteiger partial charge in [0.1, 0.15) is 12.2 Å². The van der Waals surface area contributed by atoms with Crippen LogP contribution in [0.5, 0.6) is 0 Å². The molecule has 0 amide bonds. The molecule has 0 saturated carbocycles. The highest BCUT2D eigenvalue weighted by molar-refractivity contribution is 4.91. The first-order valence-electron chi connectivity index (χ1n) is 2.99. The van der Waals surface area contributed by atoms with E-state index in [1.54, 1.807) is 0 Å². The standard InChI is InChI=1S/C5H11NO4/c6-5(9)2-10-3(1-7)4(5)8/h3-4,7-9H,1-2,6H2/t3-,4-,5-/m1/s1. The molecule has 10 heavy (non-hydrogen) atoms. The average molecular weight is 149 g/mol. The summed E-state index contributed by atoms with van der Waals surface area (Å²) < 4.78 is 4.75. The van der Waals surface area contributed by atoms with Crippen molar-refractivity contribution in [2.45, 2.75) is 17.9 Å². The van der Waals surface area contributed by atoms with E-state index in [9.17, 15) is 0 Å². The van der Waals surface area contributed by atoms with Gasteiger partial charge in [0.15, 0.2) is 5.72 Å². The predicted molar refractivity (Wildman–Crippen MR) is 32.0 cm³/mol. The quantitative estimate of drug-likeness (QED) is 0.306. The largest absolute Gasteiger partial charge is 0.394 e. The second-order valence-corrected chi connectivity index (χ2v) is 2.47. The van der Waals surface area contributed by atoms with Gasteiger partial charge in [0, 0.05) is 0 Å². The lowest BCUT2D eigenvalue weighted by Gasteiger charge is -2.19. The van der Waals surface area contributed by atoms with Crippen molar-refractivity contribution in [2.75, 3.05) is 13.2 Å². The predicted octanol–water partition coefficient (Wildman–Crippen LogP) is -2.61. The molecule has 1 heterocycles. The van der Waals surface area contributed by atoms with Gasteiger partial charge >= 0.3 is 0 Å². The zero-order valence-electron chi connectivity index (χ0n) is 5.40. The van der Waals surface area contributed by atoms with Crippen LogP contribution in [0, 0.1) is 0 Å². The molecule has 1 saturated heterocycles. The third kappa shape index (κ3) is 1.14. The van der Waals surface area contributed by atoms with Gasteiger partial charge in [0.25, 0.3) is 0 Å². The van der Waals surface area contributed by atoms with Crippen LogP contribution in [0.25, 0.3) is 0 Å². The minimum absolute atomic E-state index is 0.139. The molecule has 0 aromatic heterocycles. The molecule has 0 aromatic rings. The number of hydrogen-bond acceptors (Lipinski definition) is 5. The van der Waals surface area contributed by atoms with E-state index in [0.29, 0.717) is 0 Å². The molecule has 0 spiro atoms. The first-order chi connectivity index (χ1) is 4.58. The van der Waals surface area contributed by atoms with Crippen molar-refractivity contribution in [2.24, 2.45) is 5.73 Å². The summed E-state index contributed by atoms with van der Waals surface area (Å²) in [5.74, 6) is 0. The number of nitrogens with two attached hydrogens (primary N) is 1. The van der Waals surface area contributed by atoms with Gasteiger partial charge < -0.3 is 20.1 Å². The topological polar surface area (TPSA) is 95.9 Å². The molecule has 0 aliphatic carbocycles. The Kier molecular flexibility index (Phi) is 1.93. The van der Waals surface area contributed by atoms with Crippen LogP contribution in [0.4, 0.5) is 0 Å². The van der Waals surface area contributed by atoms with Crippen LogP contribution < -0.4 is 5.73 Å². The summed E-state index contributed by atoms with van der Waals surface area (Å²) in [4.78, 5) is 0. The van der Waals surface area contributed by atoms with Gasteiger partial charge in [-0.1, -0.05) is 0 Å². The maximum atomic E-state index is 9.06. The zero-order chi connectivity index (χ0) is 7.78. The van der Waals surface area contributed by atoms with Gasteiger partial charge in [0.2, 0.25) is 0 Å². The number of aliphatic hydroxyl groups excluding tert-OH is 2. The maximum absolute atomic E-state index is 9.06. The molecule has 5 heteroatoms. The van der Waals surface area contributed by atoms with Crippen molar-refractivity contribution in [3.8, 4) is 0 Å². The monoisotopic (exact) mass is 149 g/mol. The van der Waals surface area contributed by atoms with E-state index < -0.39 is 17.9 Å². The second-order valence-electron chi connectivity index (χ2n) is 2.47. The summed E-state index contributed by atoms with van der Waals surface area (Å²) in [6.07, 6.45) is -1.95. The van der Waals surface area contributed by atoms with Crippen molar-refractivity contribution in [3.05, 3.63) is 0 Å². The summed E-state index contributed by atoms with van der Waals surface area (Å²) in [7, 11) is 0. The molecule has 0 radical (unpaired) electrons. The summed E-state index contributed by atoms with van der Waals surface area (Å²) in [5.41, 5.74) is 3.46. The van der Waals surface area contributed by atoms with Crippen molar-refractivity contribution >= 4 is 0 Å². The van der Waals surface area contributed by atoms with Crippen LogP contribution in [0.1, 0.15) is 0 Å². The number of rotatable bonds is 1. The lowest BCUT2D eigenvalue weighted by molar-refractivity contribution is -0.0511. The Labute approximate surface area is 58.0 Å². The molecule has 5 nitrogen and oxygen atoms in total. The molecule has 5 N–H and O–H groups in total. The van der Waals surface area contributed by atoms with Crippen LogP contribution in [-0.2, 0) is 4.74 Å². The third-order valence-electron chi connectivity index (χ3n) is 1.57. The Morgan fingerprint density at radius 1 is 1.70 bits per heavy atom. The first-order valence-corrected chi connectivity index (χ1v) is 2.99. The van der Waals surface area contributed by atoms with Crippen molar-refractivity contribution in [3.63, 3.8) is 0 Å². The van der Waals surface area contributed by atoms with E-state index in [-0.39, 0.29) is 13.2 Å². The van der Waals surface area contributed by atoms with E-state index in [1.807, 2.05) is 0 Å². The molecule has 60 valence electrons. The normalized spacial score (nSPS) is 48.0. The molecular formula is C5H11NO4. The van der Waals surface area contributed by atoms with Crippen LogP contribution in [0.3, 0.4) is 0 Å². The van der Waals surface area contributed by atoms with E-state index in [0.717, 1.165) is 0 Å². The fourth-order valence-electron chi connectivity index (χ4n) is 0.892. The van der Waals surface area contributed by atoms with Gasteiger partial charge in [-0.3, -0.25) is 5.73 Å². The molecule has 0 aromatic carbocycles. The summed E-state index contributed by atoms with van der Waals surface area (Å²) >= 11 is 0. The Morgan fingerprint density at radius 3 is 2.50 bits per heavy atom. The minimum atomic E-state index is -1.70. The number of aliphatic hydroxyl groups is 3. The Morgan fingerprint density at radius 2 is 2.30 bits per heavy atom. The number of hydrogen-bond donors (Lipinski definition) is 4. The summed E-state index contributed by atoms with van der Waals surface area (Å²) in [6.45, 7) is -0.472. The highest BCUT2D eigenvalue weighted by Crippen LogP contribution is 2.19. The maximum Gasteiger partial charge on any atom is 0.165 e. The Balaban J connectivity index is 2.58. The average Bonchev–Trinajstić information content (AvgIpc) is 2.10. The Bertz CT molecular complexity index is 127. The van der Waals surface area contributed by atoms with E-state index in [2.05, 4.69) is 0 Å². The van der Waals surface area contributed by atoms with Gasteiger partial charge in [0.05, 0.1) is 13.2 Å². The molecule has 0 unspecified atom stereocenters. The lowest BCUT2D eigenvalue weighted by Crippen LogP contribution is -2.52. The SMILES string of the molecule is N[C@@]1(O)CO[C@H](CO)[C@H]1O. The van der Waals surface area contributed by atoms with Gasteiger partial charge in [-0.2, -0.15) is 0 Å². The van der Waals surface area contributed by atoms with Crippen molar-refractivity contribution in [1.82, 2.24) is 0 Å². The van der Waals surface area contributed by atoms with Crippen LogP contribution in [-0.4, -0.2) is 46.5 Å². The highest BCUT2D eigenvalue weighted by Gasteiger charge is 2.44. The van der Waals surface area contributed by atoms with Gasteiger partial charge in [-0.15, -0.1) is 0 Å². The van der Waals surface area contributed by atoms with E-state index in [1.165, 1.54) is 0 Å².